The number of aromatic amines is 1. The van der Waals surface area contributed by atoms with Crippen LogP contribution in [0.15, 0.2) is 41.5 Å². The lowest BCUT2D eigenvalue weighted by molar-refractivity contribution is 0.516. The third-order valence-electron chi connectivity index (χ3n) is 6.60. The molecule has 28 heavy (non-hydrogen) atoms. The van der Waals surface area contributed by atoms with Crippen LogP contribution in [-0.4, -0.2) is 4.98 Å². The van der Waals surface area contributed by atoms with E-state index in [1.54, 1.807) is 0 Å². The van der Waals surface area contributed by atoms with Crippen molar-refractivity contribution in [2.75, 3.05) is 0 Å². The molecule has 2 aromatic rings. The first-order chi connectivity index (χ1) is 13.3. The largest absolute Gasteiger partial charge is 0.358 e. The fourth-order valence-electron chi connectivity index (χ4n) is 3.60. The third-order valence-corrected chi connectivity index (χ3v) is 6.84. The smallest absolute Gasteiger partial charge is 0.0460 e. The number of halogens is 1. The molecule has 0 bridgehead atoms. The van der Waals surface area contributed by atoms with Gasteiger partial charge in [-0.05, 0) is 68.7 Å². The second-order valence-electron chi connectivity index (χ2n) is 8.61. The minimum atomic E-state index is 0.360. The summed E-state index contributed by atoms with van der Waals surface area (Å²) in [6, 6.07) is 6.22. The molecule has 0 aliphatic rings. The van der Waals surface area contributed by atoms with E-state index in [1.807, 2.05) is 6.07 Å². The Bertz CT molecular complexity index is 839. The average Bonchev–Trinajstić information content (AvgIpc) is 3.05. The monoisotopic (exact) mass is 399 g/mol. The highest BCUT2D eigenvalue weighted by Crippen LogP contribution is 2.34. The van der Waals surface area contributed by atoms with Crippen LogP contribution in [0.4, 0.5) is 0 Å². The molecule has 0 amide bonds. The Morgan fingerprint density at radius 3 is 2.36 bits per heavy atom. The Morgan fingerprint density at radius 2 is 1.71 bits per heavy atom. The van der Waals surface area contributed by atoms with Crippen LogP contribution in [0.5, 0.6) is 0 Å². The lowest BCUT2D eigenvalue weighted by Gasteiger charge is -2.16. The maximum absolute atomic E-state index is 6.33. The summed E-state index contributed by atoms with van der Waals surface area (Å²) in [4.78, 5) is 3.72. The Hall–Kier alpha value is -1.47. The number of nitrogens with one attached hydrogen (secondary N) is 1. The zero-order chi connectivity index (χ0) is 20.8. The Labute approximate surface area is 177 Å². The number of aryl methyl sites for hydroxylation is 1. The number of fused-ring (bicyclic) bond motifs is 1. The van der Waals surface area contributed by atoms with Gasteiger partial charge in [0.1, 0.15) is 0 Å². The minimum Gasteiger partial charge on any atom is -0.358 e. The first-order valence-corrected chi connectivity index (χ1v) is 11.3. The number of aromatic nitrogens is 1. The van der Waals surface area contributed by atoms with E-state index in [-0.39, 0.29) is 0 Å². The normalized spacial score (nSPS) is 16.4. The van der Waals surface area contributed by atoms with E-state index in [9.17, 15) is 0 Å². The average molecular weight is 400 g/mol. The predicted octanol–water partition coefficient (Wildman–Crippen LogP) is 8.84. The van der Waals surface area contributed by atoms with Gasteiger partial charge in [-0.3, -0.25) is 0 Å². The molecular weight excluding hydrogens is 362 g/mol. The molecular formula is C26H38ClN. The van der Waals surface area contributed by atoms with Crippen LogP contribution >= 0.6 is 11.6 Å². The van der Waals surface area contributed by atoms with Crippen molar-refractivity contribution in [2.24, 2.45) is 11.8 Å². The van der Waals surface area contributed by atoms with Crippen LogP contribution in [-0.2, 0) is 6.42 Å². The van der Waals surface area contributed by atoms with Gasteiger partial charge < -0.3 is 4.98 Å². The number of rotatable bonds is 9. The quantitative estimate of drug-likeness (QED) is 0.405. The summed E-state index contributed by atoms with van der Waals surface area (Å²) in [5.74, 6) is 1.74. The van der Waals surface area contributed by atoms with Crippen molar-refractivity contribution in [3.05, 3.63) is 57.8 Å². The van der Waals surface area contributed by atoms with E-state index >= 15 is 0 Å². The van der Waals surface area contributed by atoms with Gasteiger partial charge in [0.2, 0.25) is 0 Å². The molecule has 0 radical (unpaired) electrons. The lowest BCUT2D eigenvalue weighted by atomic mass is 9.90. The number of allylic oxidation sites excluding steroid dienone is 4. The van der Waals surface area contributed by atoms with Crippen LogP contribution in [0, 0.1) is 11.8 Å². The molecule has 0 aliphatic carbocycles. The first-order valence-electron chi connectivity index (χ1n) is 10.9. The standard InChI is InChI=1S/C26H38ClN/c1-8-17(3)10-14-23-24-16-22(27)13-15-25(24)28-26(23)21(7)20(6)12-11-19(5)18(4)9-2/h11-13,15-18,21,28H,8-10,14H2,1-7H3/b19-11+,20-12+/t17?,18?,21-/m0/s1. The summed E-state index contributed by atoms with van der Waals surface area (Å²) < 4.78 is 0. The molecule has 0 saturated carbocycles. The molecule has 0 fully saturated rings. The minimum absolute atomic E-state index is 0.360. The zero-order valence-corrected chi connectivity index (χ0v) is 19.6. The van der Waals surface area contributed by atoms with Crippen molar-refractivity contribution in [3.8, 4) is 0 Å². The number of hydrogen-bond donors (Lipinski definition) is 1. The van der Waals surface area contributed by atoms with Gasteiger partial charge in [-0.2, -0.15) is 0 Å². The number of hydrogen-bond acceptors (Lipinski definition) is 0. The second kappa shape index (κ2) is 10.3. The number of H-pyrrole nitrogens is 1. The SMILES string of the molecule is CCC(C)CCc1c([C@@H](C)/C(C)=C/C=C(\C)C(C)CC)[nH]c2ccc(Cl)cc12. The fourth-order valence-corrected chi connectivity index (χ4v) is 3.77. The van der Waals surface area contributed by atoms with Gasteiger partial charge in [-0.15, -0.1) is 0 Å². The van der Waals surface area contributed by atoms with Crippen LogP contribution in [0.25, 0.3) is 10.9 Å². The third kappa shape index (κ3) is 5.54. The van der Waals surface area contributed by atoms with Gasteiger partial charge in [0.05, 0.1) is 0 Å². The van der Waals surface area contributed by atoms with E-state index in [0.717, 1.165) is 17.4 Å². The van der Waals surface area contributed by atoms with Crippen LogP contribution in [0.3, 0.4) is 0 Å². The molecule has 154 valence electrons. The topological polar surface area (TPSA) is 15.8 Å². The van der Waals surface area contributed by atoms with Crippen LogP contribution < -0.4 is 0 Å². The van der Waals surface area contributed by atoms with Gasteiger partial charge in [-0.1, -0.05) is 75.9 Å². The van der Waals surface area contributed by atoms with Crippen molar-refractivity contribution in [2.45, 2.75) is 80.1 Å². The molecule has 2 heteroatoms. The Balaban J connectivity index is 2.40. The maximum atomic E-state index is 6.33. The van der Waals surface area contributed by atoms with Crippen molar-refractivity contribution < 1.29 is 0 Å². The number of benzene rings is 1. The molecule has 0 spiro atoms. The van der Waals surface area contributed by atoms with Crippen LogP contribution in [0.1, 0.15) is 84.9 Å². The highest BCUT2D eigenvalue weighted by molar-refractivity contribution is 6.31. The predicted molar refractivity (Wildman–Crippen MR) is 126 cm³/mol. The molecule has 2 rings (SSSR count). The maximum Gasteiger partial charge on any atom is 0.0460 e. The highest BCUT2D eigenvalue weighted by atomic mass is 35.5. The molecule has 1 aromatic carbocycles. The van der Waals surface area contributed by atoms with Crippen molar-refractivity contribution in [3.63, 3.8) is 0 Å². The molecule has 1 N–H and O–H groups in total. The van der Waals surface area contributed by atoms with E-state index in [0.29, 0.717) is 11.8 Å². The highest BCUT2D eigenvalue weighted by Gasteiger charge is 2.18. The summed E-state index contributed by atoms with van der Waals surface area (Å²) >= 11 is 6.33. The van der Waals surface area contributed by atoms with Gasteiger partial charge in [0.15, 0.2) is 0 Å². The van der Waals surface area contributed by atoms with Gasteiger partial charge in [0, 0.05) is 27.5 Å². The van der Waals surface area contributed by atoms with E-state index in [2.05, 4.69) is 77.7 Å². The summed E-state index contributed by atoms with van der Waals surface area (Å²) in [5, 5.41) is 2.10. The van der Waals surface area contributed by atoms with E-state index in [4.69, 9.17) is 11.6 Å². The van der Waals surface area contributed by atoms with Crippen molar-refractivity contribution >= 4 is 22.5 Å². The summed E-state index contributed by atoms with van der Waals surface area (Å²) in [6.45, 7) is 16.0. The molecule has 0 saturated heterocycles. The Morgan fingerprint density at radius 1 is 1.04 bits per heavy atom. The van der Waals surface area contributed by atoms with E-state index in [1.165, 1.54) is 52.6 Å². The summed E-state index contributed by atoms with van der Waals surface area (Å²) in [5.41, 5.74) is 6.84. The van der Waals surface area contributed by atoms with Crippen molar-refractivity contribution in [1.82, 2.24) is 4.98 Å². The molecule has 1 aromatic heterocycles. The summed E-state index contributed by atoms with van der Waals surface area (Å²) in [6.07, 6.45) is 9.34. The fraction of sp³-hybridized carbons (Fsp3) is 0.538. The van der Waals surface area contributed by atoms with Gasteiger partial charge >= 0.3 is 0 Å². The second-order valence-corrected chi connectivity index (χ2v) is 9.05. The molecule has 3 atom stereocenters. The zero-order valence-electron chi connectivity index (χ0n) is 18.8. The van der Waals surface area contributed by atoms with E-state index < -0.39 is 0 Å². The summed E-state index contributed by atoms with van der Waals surface area (Å²) in [7, 11) is 0. The molecule has 0 aliphatic heterocycles. The Kier molecular flexibility index (Phi) is 8.43. The molecule has 1 heterocycles. The van der Waals surface area contributed by atoms with Gasteiger partial charge in [-0.25, -0.2) is 0 Å². The molecule has 1 nitrogen and oxygen atoms in total. The first kappa shape index (κ1) is 22.8. The van der Waals surface area contributed by atoms with Crippen LogP contribution in [0.2, 0.25) is 5.02 Å². The lowest BCUT2D eigenvalue weighted by Crippen LogP contribution is -2.03. The van der Waals surface area contributed by atoms with Crippen molar-refractivity contribution in [1.29, 1.82) is 0 Å². The molecule has 2 unspecified atom stereocenters. The van der Waals surface area contributed by atoms with Gasteiger partial charge in [0.25, 0.3) is 0 Å².